The molecule has 1 aliphatic heterocycles. The molecule has 0 fully saturated rings. The van der Waals surface area contributed by atoms with Crippen LogP contribution in [-0.2, 0) is 33.7 Å². The summed E-state index contributed by atoms with van der Waals surface area (Å²) in [6.45, 7) is 2.38. The number of carbonyl (C=O) groups is 3. The minimum atomic E-state index is -0.672. The quantitative estimate of drug-likeness (QED) is 0.400. The number of carbonyl (C=O) groups excluding carboxylic acids is 3. The van der Waals surface area contributed by atoms with Crippen LogP contribution in [0.15, 0.2) is 48.7 Å². The molecule has 3 heterocycles. The number of hydrogen-bond acceptors (Lipinski definition) is 4. The van der Waals surface area contributed by atoms with Crippen molar-refractivity contribution < 1.29 is 19.1 Å². The Bertz CT molecular complexity index is 1420. The molecule has 4 aromatic rings. The average Bonchev–Trinajstić information content (AvgIpc) is 3.42. The van der Waals surface area contributed by atoms with Gasteiger partial charge in [-0.2, -0.15) is 0 Å². The number of hydrogen-bond donors (Lipinski definition) is 3. The molecule has 3 N–H and O–H groups in total. The second-order valence-electron chi connectivity index (χ2n) is 8.66. The van der Waals surface area contributed by atoms with E-state index in [2.05, 4.69) is 15.3 Å². The van der Waals surface area contributed by atoms with Gasteiger partial charge in [-0.3, -0.25) is 9.59 Å². The highest BCUT2D eigenvalue weighted by Gasteiger charge is 2.30. The van der Waals surface area contributed by atoms with Gasteiger partial charge in [0.25, 0.3) is 0 Å². The minimum Gasteiger partial charge on any atom is -0.465 e. The van der Waals surface area contributed by atoms with Gasteiger partial charge < -0.3 is 24.9 Å². The number of aromatic amines is 2. The van der Waals surface area contributed by atoms with Crippen molar-refractivity contribution in [3.63, 3.8) is 0 Å². The molecule has 34 heavy (non-hydrogen) atoms. The van der Waals surface area contributed by atoms with Crippen molar-refractivity contribution in [1.82, 2.24) is 20.2 Å². The molecule has 0 bridgehead atoms. The van der Waals surface area contributed by atoms with Crippen molar-refractivity contribution in [3.05, 3.63) is 71.0 Å². The summed E-state index contributed by atoms with van der Waals surface area (Å²) in [5, 5.41) is 4.80. The molecule has 0 aliphatic carbocycles. The van der Waals surface area contributed by atoms with Gasteiger partial charge in [0.1, 0.15) is 6.04 Å². The van der Waals surface area contributed by atoms with Gasteiger partial charge in [-0.15, -0.1) is 0 Å². The Kier molecular flexibility index (Phi) is 5.57. The second-order valence-corrected chi connectivity index (χ2v) is 8.66. The van der Waals surface area contributed by atoms with Gasteiger partial charge in [0.05, 0.1) is 12.7 Å². The molecule has 0 saturated carbocycles. The summed E-state index contributed by atoms with van der Waals surface area (Å²) < 4.78 is 4.86. The van der Waals surface area contributed by atoms with Crippen molar-refractivity contribution in [2.45, 2.75) is 32.4 Å². The Balaban J connectivity index is 1.43. The minimum absolute atomic E-state index is 0.121. The molecule has 1 aliphatic rings. The fourth-order valence-electron chi connectivity index (χ4n) is 4.83. The smallest absolute Gasteiger partial charge is 0.337 e. The summed E-state index contributed by atoms with van der Waals surface area (Å²) in [5.74, 6) is -0.764. The number of esters is 1. The third-order valence-corrected chi connectivity index (χ3v) is 6.48. The normalized spacial score (nSPS) is 14.1. The lowest BCUT2D eigenvalue weighted by atomic mass is 10.00. The van der Waals surface area contributed by atoms with Crippen LogP contribution >= 0.6 is 0 Å². The number of methoxy groups -OCH3 is 1. The Morgan fingerprint density at radius 1 is 1.12 bits per heavy atom. The summed E-state index contributed by atoms with van der Waals surface area (Å²) >= 11 is 0. The fraction of sp³-hybridized carbons (Fsp3) is 0.269. The monoisotopic (exact) mass is 458 g/mol. The van der Waals surface area contributed by atoms with Crippen LogP contribution in [0.25, 0.3) is 21.8 Å². The van der Waals surface area contributed by atoms with E-state index in [0.717, 1.165) is 38.6 Å². The topological polar surface area (TPSA) is 107 Å². The van der Waals surface area contributed by atoms with E-state index >= 15 is 0 Å². The van der Waals surface area contributed by atoms with E-state index in [1.165, 1.54) is 14.0 Å². The van der Waals surface area contributed by atoms with Crippen LogP contribution in [0.3, 0.4) is 0 Å². The van der Waals surface area contributed by atoms with Gasteiger partial charge in [0, 0.05) is 72.1 Å². The van der Waals surface area contributed by atoms with E-state index in [0.29, 0.717) is 31.5 Å². The van der Waals surface area contributed by atoms with Gasteiger partial charge in [0.2, 0.25) is 11.8 Å². The summed E-state index contributed by atoms with van der Waals surface area (Å²) in [5.41, 5.74) is 5.42. The maximum Gasteiger partial charge on any atom is 0.337 e. The number of ether oxygens (including phenoxy) is 1. The Morgan fingerprint density at radius 2 is 1.94 bits per heavy atom. The molecule has 2 aromatic carbocycles. The molecule has 0 saturated heterocycles. The van der Waals surface area contributed by atoms with Crippen molar-refractivity contribution >= 4 is 39.6 Å². The van der Waals surface area contributed by atoms with Gasteiger partial charge in [-0.25, -0.2) is 4.79 Å². The van der Waals surface area contributed by atoms with Crippen LogP contribution in [0.1, 0.15) is 34.1 Å². The molecule has 0 unspecified atom stereocenters. The molecule has 0 radical (unpaired) electrons. The third-order valence-electron chi connectivity index (χ3n) is 6.48. The largest absolute Gasteiger partial charge is 0.465 e. The number of aromatic nitrogens is 2. The summed E-state index contributed by atoms with van der Waals surface area (Å²) in [6, 6.07) is 12.6. The Morgan fingerprint density at radius 3 is 2.74 bits per heavy atom. The number of nitrogens with one attached hydrogen (secondary N) is 3. The first-order chi connectivity index (χ1) is 16.4. The Labute approximate surface area is 196 Å². The van der Waals surface area contributed by atoms with E-state index in [1.807, 2.05) is 42.6 Å². The lowest BCUT2D eigenvalue weighted by molar-refractivity contribution is -0.136. The van der Waals surface area contributed by atoms with Gasteiger partial charge in [0.15, 0.2) is 0 Å². The standard InChI is InChI=1S/C26H26N4O4/c1-15(31)28-24(12-17-13-27-21-6-4-3-5-18(17)21)25(32)30-10-9-23-20(14-30)19-11-16(26(33)34-2)7-8-22(19)29-23/h3-8,11,13,24,27,29H,9-10,12,14H2,1-2H3,(H,28,31)/t24-/m0/s1. The molecule has 2 amide bonds. The van der Waals surface area contributed by atoms with Crippen molar-refractivity contribution in [3.8, 4) is 0 Å². The number of fused-ring (bicyclic) bond motifs is 4. The fourth-order valence-corrected chi connectivity index (χ4v) is 4.83. The van der Waals surface area contributed by atoms with Crippen molar-refractivity contribution in [1.29, 1.82) is 0 Å². The SMILES string of the molecule is COC(=O)c1ccc2[nH]c3c(c2c1)CN(C(=O)[C@H](Cc1c[nH]c2ccccc12)NC(C)=O)CC3. The molecule has 8 heteroatoms. The second kappa shape index (κ2) is 8.70. The van der Waals surface area contributed by atoms with Crippen LogP contribution in [0.2, 0.25) is 0 Å². The van der Waals surface area contributed by atoms with E-state index < -0.39 is 12.0 Å². The van der Waals surface area contributed by atoms with Crippen LogP contribution < -0.4 is 5.32 Å². The van der Waals surface area contributed by atoms with E-state index in [9.17, 15) is 14.4 Å². The molecular formula is C26H26N4O4. The lowest BCUT2D eigenvalue weighted by Gasteiger charge is -2.31. The molecular weight excluding hydrogens is 432 g/mol. The average molecular weight is 459 g/mol. The molecule has 174 valence electrons. The summed E-state index contributed by atoms with van der Waals surface area (Å²) in [6.07, 6.45) is 2.96. The van der Waals surface area contributed by atoms with E-state index in [4.69, 9.17) is 4.74 Å². The molecule has 8 nitrogen and oxygen atoms in total. The van der Waals surface area contributed by atoms with Gasteiger partial charge in [-0.05, 0) is 29.8 Å². The highest BCUT2D eigenvalue weighted by Crippen LogP contribution is 2.29. The van der Waals surface area contributed by atoms with Crippen LogP contribution in [0, 0.1) is 0 Å². The molecule has 1 atom stereocenters. The molecule has 5 rings (SSSR count). The first-order valence-electron chi connectivity index (χ1n) is 11.3. The predicted octanol–water partition coefficient (Wildman–Crippen LogP) is 3.07. The highest BCUT2D eigenvalue weighted by molar-refractivity contribution is 5.96. The maximum absolute atomic E-state index is 13.6. The van der Waals surface area contributed by atoms with Crippen molar-refractivity contribution in [2.24, 2.45) is 0 Å². The van der Waals surface area contributed by atoms with Crippen molar-refractivity contribution in [2.75, 3.05) is 13.7 Å². The summed E-state index contributed by atoms with van der Waals surface area (Å²) in [4.78, 5) is 46.0. The first kappa shape index (κ1) is 21.8. The Hall–Kier alpha value is -4.07. The molecule has 2 aromatic heterocycles. The van der Waals surface area contributed by atoms with E-state index in [-0.39, 0.29) is 11.8 Å². The number of nitrogens with zero attached hydrogens (tertiary/aromatic N) is 1. The number of rotatable bonds is 5. The summed E-state index contributed by atoms with van der Waals surface area (Å²) in [7, 11) is 1.36. The van der Waals surface area contributed by atoms with Crippen LogP contribution in [0.4, 0.5) is 0 Å². The number of H-pyrrole nitrogens is 2. The number of benzene rings is 2. The predicted molar refractivity (Wildman–Crippen MR) is 128 cm³/mol. The van der Waals surface area contributed by atoms with Gasteiger partial charge in [-0.1, -0.05) is 18.2 Å². The maximum atomic E-state index is 13.6. The molecule has 0 spiro atoms. The number of amides is 2. The van der Waals surface area contributed by atoms with Crippen LogP contribution in [0.5, 0.6) is 0 Å². The van der Waals surface area contributed by atoms with Crippen LogP contribution in [-0.4, -0.2) is 52.3 Å². The lowest BCUT2D eigenvalue weighted by Crippen LogP contribution is -2.50. The third kappa shape index (κ3) is 3.91. The highest BCUT2D eigenvalue weighted by atomic mass is 16.5. The first-order valence-corrected chi connectivity index (χ1v) is 11.3. The zero-order valence-electron chi connectivity index (χ0n) is 19.1. The van der Waals surface area contributed by atoms with Gasteiger partial charge >= 0.3 is 5.97 Å². The zero-order valence-corrected chi connectivity index (χ0v) is 19.1. The zero-order chi connectivity index (χ0) is 23.8. The number of para-hydroxylation sites is 1. The van der Waals surface area contributed by atoms with E-state index in [1.54, 1.807) is 11.0 Å².